The van der Waals surface area contributed by atoms with Crippen molar-refractivity contribution < 1.29 is 14.2 Å². The molecule has 0 saturated carbocycles. The van der Waals surface area contributed by atoms with Crippen LogP contribution in [0, 0.1) is 5.82 Å². The first-order valence-corrected chi connectivity index (χ1v) is 5.47. The van der Waals surface area contributed by atoms with Crippen LogP contribution >= 0.6 is 0 Å². The van der Waals surface area contributed by atoms with Crippen molar-refractivity contribution in [3.63, 3.8) is 0 Å². The second kappa shape index (κ2) is 5.39. The Balaban J connectivity index is 1.94. The molecule has 0 radical (unpaired) electrons. The van der Waals surface area contributed by atoms with Crippen LogP contribution in [0.5, 0.6) is 0 Å². The van der Waals surface area contributed by atoms with Crippen LogP contribution in [0.3, 0.4) is 0 Å². The van der Waals surface area contributed by atoms with E-state index in [2.05, 4.69) is 4.90 Å². The summed E-state index contributed by atoms with van der Waals surface area (Å²) in [5.74, 6) is -0.204. The molecule has 1 heterocycles. The van der Waals surface area contributed by atoms with Gasteiger partial charge in [0, 0.05) is 19.6 Å². The molecule has 88 valence electrons. The van der Waals surface area contributed by atoms with Gasteiger partial charge in [0.25, 0.3) is 0 Å². The van der Waals surface area contributed by atoms with Gasteiger partial charge in [-0.3, -0.25) is 4.90 Å². The molecule has 0 bridgehead atoms. The highest BCUT2D eigenvalue weighted by atomic mass is 19.1. The smallest absolute Gasteiger partial charge is 0.123 e. The highest BCUT2D eigenvalue weighted by molar-refractivity contribution is 5.16. The minimum atomic E-state index is -0.204. The van der Waals surface area contributed by atoms with E-state index in [9.17, 15) is 4.39 Å². The van der Waals surface area contributed by atoms with Crippen molar-refractivity contribution in [2.24, 2.45) is 0 Å². The lowest BCUT2D eigenvalue weighted by Gasteiger charge is -2.31. The molecular weight excluding hydrogens is 209 g/mol. The Morgan fingerprint density at radius 3 is 3.12 bits per heavy atom. The maximum absolute atomic E-state index is 13.0. The molecule has 1 aliphatic rings. The van der Waals surface area contributed by atoms with E-state index in [-0.39, 0.29) is 18.5 Å². The minimum absolute atomic E-state index is 0.0413. The van der Waals surface area contributed by atoms with Crippen molar-refractivity contribution in [2.45, 2.75) is 12.6 Å². The van der Waals surface area contributed by atoms with Crippen molar-refractivity contribution >= 4 is 0 Å². The summed E-state index contributed by atoms with van der Waals surface area (Å²) in [6.45, 7) is 2.90. The molecule has 16 heavy (non-hydrogen) atoms. The summed E-state index contributed by atoms with van der Waals surface area (Å²) in [4.78, 5) is 2.17. The standard InChI is InChI=1S/C12H16FNO2/c13-11-3-1-2-10(6-11)7-14-4-5-16-12(8-14)9-15/h1-3,6,12,15H,4-5,7-9H2. The number of rotatable bonds is 3. The summed E-state index contributed by atoms with van der Waals surface area (Å²) in [5.41, 5.74) is 0.957. The first kappa shape index (κ1) is 11.5. The number of aliphatic hydroxyl groups excluding tert-OH is 1. The fourth-order valence-corrected chi connectivity index (χ4v) is 1.93. The Kier molecular flexibility index (Phi) is 3.88. The topological polar surface area (TPSA) is 32.7 Å². The second-order valence-electron chi connectivity index (χ2n) is 4.04. The number of hydrogen-bond acceptors (Lipinski definition) is 3. The number of nitrogens with zero attached hydrogens (tertiary/aromatic N) is 1. The molecule has 0 amide bonds. The number of halogens is 1. The van der Waals surface area contributed by atoms with Crippen LogP contribution in [0.1, 0.15) is 5.56 Å². The van der Waals surface area contributed by atoms with Crippen LogP contribution in [0.2, 0.25) is 0 Å². The van der Waals surface area contributed by atoms with Crippen molar-refractivity contribution in [3.8, 4) is 0 Å². The second-order valence-corrected chi connectivity index (χ2v) is 4.04. The van der Waals surface area contributed by atoms with Gasteiger partial charge in [0.2, 0.25) is 0 Å². The third-order valence-electron chi connectivity index (χ3n) is 2.72. The number of benzene rings is 1. The van der Waals surface area contributed by atoms with Gasteiger partial charge in [-0.1, -0.05) is 12.1 Å². The summed E-state index contributed by atoms with van der Waals surface area (Å²) in [6, 6.07) is 6.61. The summed E-state index contributed by atoms with van der Waals surface area (Å²) in [7, 11) is 0. The fraction of sp³-hybridized carbons (Fsp3) is 0.500. The Bertz CT molecular complexity index is 346. The normalized spacial score (nSPS) is 22.2. The average molecular weight is 225 g/mol. The van der Waals surface area contributed by atoms with Crippen molar-refractivity contribution in [1.82, 2.24) is 4.90 Å². The Morgan fingerprint density at radius 1 is 1.50 bits per heavy atom. The highest BCUT2D eigenvalue weighted by Gasteiger charge is 2.19. The maximum Gasteiger partial charge on any atom is 0.123 e. The van der Waals surface area contributed by atoms with Crippen LogP contribution < -0.4 is 0 Å². The largest absolute Gasteiger partial charge is 0.394 e. The molecule has 1 aliphatic heterocycles. The van der Waals surface area contributed by atoms with E-state index in [4.69, 9.17) is 9.84 Å². The molecule has 1 unspecified atom stereocenters. The number of morpholine rings is 1. The van der Waals surface area contributed by atoms with Crippen molar-refractivity contribution in [2.75, 3.05) is 26.3 Å². The maximum atomic E-state index is 13.0. The quantitative estimate of drug-likeness (QED) is 0.833. The minimum Gasteiger partial charge on any atom is -0.394 e. The molecule has 1 fully saturated rings. The van der Waals surface area contributed by atoms with Crippen LogP contribution in [0.4, 0.5) is 4.39 Å². The number of hydrogen-bond donors (Lipinski definition) is 1. The fourth-order valence-electron chi connectivity index (χ4n) is 1.93. The Labute approximate surface area is 94.4 Å². The third kappa shape index (κ3) is 3.01. The molecular formula is C12H16FNO2. The predicted octanol–water partition coefficient (Wildman–Crippen LogP) is 1.02. The third-order valence-corrected chi connectivity index (χ3v) is 2.72. The van der Waals surface area contributed by atoms with Gasteiger partial charge in [-0.15, -0.1) is 0 Å². The van der Waals surface area contributed by atoms with Gasteiger partial charge in [-0.25, -0.2) is 4.39 Å². The SMILES string of the molecule is OCC1CN(Cc2cccc(F)c2)CCO1. The van der Waals surface area contributed by atoms with E-state index in [1.165, 1.54) is 6.07 Å². The summed E-state index contributed by atoms with van der Waals surface area (Å²) < 4.78 is 18.3. The lowest BCUT2D eigenvalue weighted by Crippen LogP contribution is -2.43. The zero-order chi connectivity index (χ0) is 11.4. The van der Waals surface area contributed by atoms with Gasteiger partial charge < -0.3 is 9.84 Å². The van der Waals surface area contributed by atoms with Gasteiger partial charge in [-0.05, 0) is 17.7 Å². The molecule has 0 aliphatic carbocycles. The monoisotopic (exact) mass is 225 g/mol. The van der Waals surface area contributed by atoms with E-state index in [0.717, 1.165) is 12.1 Å². The first-order valence-electron chi connectivity index (χ1n) is 5.47. The van der Waals surface area contributed by atoms with Gasteiger partial charge >= 0.3 is 0 Å². The molecule has 4 heteroatoms. The van der Waals surface area contributed by atoms with Gasteiger partial charge in [0.1, 0.15) is 5.82 Å². The molecule has 0 aromatic heterocycles. The molecule has 2 rings (SSSR count). The number of ether oxygens (including phenoxy) is 1. The van der Waals surface area contributed by atoms with E-state index >= 15 is 0 Å². The van der Waals surface area contributed by atoms with Gasteiger partial charge in [0.05, 0.1) is 19.3 Å². The molecule has 0 spiro atoms. The van der Waals surface area contributed by atoms with E-state index in [1.807, 2.05) is 6.07 Å². The molecule has 1 aromatic rings. The lowest BCUT2D eigenvalue weighted by molar-refractivity contribution is -0.0551. The van der Waals surface area contributed by atoms with E-state index in [1.54, 1.807) is 12.1 Å². The highest BCUT2D eigenvalue weighted by Crippen LogP contribution is 2.11. The Hall–Kier alpha value is -0.970. The lowest BCUT2D eigenvalue weighted by atomic mass is 10.2. The summed E-state index contributed by atoms with van der Waals surface area (Å²) >= 11 is 0. The number of aliphatic hydroxyl groups is 1. The van der Waals surface area contributed by atoms with Gasteiger partial charge in [0.15, 0.2) is 0 Å². The van der Waals surface area contributed by atoms with Crippen molar-refractivity contribution in [3.05, 3.63) is 35.6 Å². The molecule has 1 N–H and O–H groups in total. The van der Waals surface area contributed by atoms with Gasteiger partial charge in [-0.2, -0.15) is 0 Å². The van der Waals surface area contributed by atoms with Crippen LogP contribution in [-0.4, -0.2) is 42.4 Å². The molecule has 1 saturated heterocycles. The molecule has 3 nitrogen and oxygen atoms in total. The van der Waals surface area contributed by atoms with Crippen LogP contribution in [0.25, 0.3) is 0 Å². The zero-order valence-electron chi connectivity index (χ0n) is 9.10. The first-order chi connectivity index (χ1) is 7.78. The van der Waals surface area contributed by atoms with Crippen LogP contribution in [-0.2, 0) is 11.3 Å². The molecule has 1 atom stereocenters. The predicted molar refractivity (Wildman–Crippen MR) is 58.5 cm³/mol. The van der Waals surface area contributed by atoms with E-state index < -0.39 is 0 Å². The Morgan fingerprint density at radius 2 is 2.38 bits per heavy atom. The average Bonchev–Trinajstić information content (AvgIpc) is 2.29. The van der Waals surface area contributed by atoms with E-state index in [0.29, 0.717) is 19.7 Å². The van der Waals surface area contributed by atoms with Crippen LogP contribution in [0.15, 0.2) is 24.3 Å². The molecule has 1 aromatic carbocycles. The van der Waals surface area contributed by atoms with Crippen molar-refractivity contribution in [1.29, 1.82) is 0 Å². The summed E-state index contributed by atoms with van der Waals surface area (Å²) in [5, 5.41) is 9.01. The summed E-state index contributed by atoms with van der Waals surface area (Å²) in [6.07, 6.45) is -0.109. The zero-order valence-corrected chi connectivity index (χ0v) is 9.10.